The van der Waals surface area contributed by atoms with Crippen LogP contribution >= 0.6 is 11.3 Å². The van der Waals surface area contributed by atoms with E-state index in [1.807, 2.05) is 6.92 Å². The number of aliphatic hydroxyl groups excluding tert-OH is 1. The molecule has 0 amide bonds. The molecule has 76 valence electrons. The number of rotatable bonds is 4. The summed E-state index contributed by atoms with van der Waals surface area (Å²) in [6.07, 6.45) is 2.54. The van der Waals surface area contributed by atoms with Crippen molar-refractivity contribution >= 4 is 22.4 Å². The second-order valence-corrected chi connectivity index (χ2v) is 3.84. The zero-order chi connectivity index (χ0) is 10.6. The molecule has 0 aliphatic carbocycles. The van der Waals surface area contributed by atoms with Crippen molar-refractivity contribution in [3.05, 3.63) is 32.7 Å². The summed E-state index contributed by atoms with van der Waals surface area (Å²) >= 11 is 1.11. The molecule has 0 saturated carbocycles. The van der Waals surface area contributed by atoms with Gasteiger partial charge in [0, 0.05) is 10.9 Å². The number of thiophene rings is 1. The number of hydrogen-bond donors (Lipinski definition) is 1. The topological polar surface area (TPSA) is 63.4 Å². The molecule has 1 rings (SSSR count). The van der Waals surface area contributed by atoms with Gasteiger partial charge in [-0.3, -0.25) is 10.1 Å². The Morgan fingerprint density at radius 2 is 2.43 bits per heavy atom. The molecule has 0 fully saturated rings. The molecule has 0 saturated heterocycles. The minimum atomic E-state index is -0.410. The van der Waals surface area contributed by atoms with Crippen molar-refractivity contribution in [2.75, 3.05) is 6.61 Å². The molecule has 5 heteroatoms. The van der Waals surface area contributed by atoms with Crippen LogP contribution in [0.5, 0.6) is 0 Å². The second kappa shape index (κ2) is 4.88. The molecule has 14 heavy (non-hydrogen) atoms. The molecular formula is C9H11NO3S. The smallest absolute Gasteiger partial charge is 0.324 e. The van der Waals surface area contributed by atoms with Crippen molar-refractivity contribution in [2.45, 2.75) is 13.3 Å². The van der Waals surface area contributed by atoms with E-state index >= 15 is 0 Å². The highest BCUT2D eigenvalue weighted by atomic mass is 32.1. The first-order valence-electron chi connectivity index (χ1n) is 4.22. The predicted molar refractivity (Wildman–Crippen MR) is 56.3 cm³/mol. The van der Waals surface area contributed by atoms with E-state index in [9.17, 15) is 10.1 Å². The number of hydrogen-bond acceptors (Lipinski definition) is 4. The van der Waals surface area contributed by atoms with E-state index in [1.54, 1.807) is 12.1 Å². The van der Waals surface area contributed by atoms with Gasteiger partial charge in [-0.15, -0.1) is 0 Å². The minimum Gasteiger partial charge on any atom is -0.392 e. The Morgan fingerprint density at radius 1 is 1.71 bits per heavy atom. The Labute approximate surface area is 85.7 Å². The van der Waals surface area contributed by atoms with Crippen molar-refractivity contribution in [1.29, 1.82) is 0 Å². The van der Waals surface area contributed by atoms with Crippen LogP contribution in [0.2, 0.25) is 0 Å². The molecular weight excluding hydrogens is 202 g/mol. The van der Waals surface area contributed by atoms with Crippen LogP contribution in [-0.2, 0) is 0 Å². The summed E-state index contributed by atoms with van der Waals surface area (Å²) in [6, 6.07) is 3.16. The van der Waals surface area contributed by atoms with Gasteiger partial charge < -0.3 is 5.11 Å². The first kappa shape index (κ1) is 10.9. The molecule has 1 aromatic rings. The van der Waals surface area contributed by atoms with E-state index in [-0.39, 0.29) is 11.6 Å². The molecule has 0 aromatic carbocycles. The Morgan fingerprint density at radius 3 is 2.86 bits per heavy atom. The highest BCUT2D eigenvalue weighted by molar-refractivity contribution is 7.16. The zero-order valence-corrected chi connectivity index (χ0v) is 8.58. The van der Waals surface area contributed by atoms with Crippen LogP contribution in [0.1, 0.15) is 18.2 Å². The molecule has 0 spiro atoms. The molecule has 1 N–H and O–H groups in total. The maximum absolute atomic E-state index is 10.4. The molecule has 0 bridgehead atoms. The molecule has 1 heterocycles. The summed E-state index contributed by atoms with van der Waals surface area (Å²) in [5, 5.41) is 19.4. The van der Waals surface area contributed by atoms with Gasteiger partial charge in [-0.2, -0.15) is 0 Å². The number of nitrogens with zero attached hydrogens (tertiary/aromatic N) is 1. The zero-order valence-electron chi connectivity index (χ0n) is 7.77. The van der Waals surface area contributed by atoms with Crippen LogP contribution in [0, 0.1) is 10.1 Å². The third kappa shape index (κ3) is 2.65. The molecule has 0 radical (unpaired) electrons. The first-order chi connectivity index (χ1) is 6.67. The van der Waals surface area contributed by atoms with Crippen LogP contribution in [0.15, 0.2) is 17.7 Å². The van der Waals surface area contributed by atoms with Crippen LogP contribution in [-0.4, -0.2) is 16.6 Å². The average Bonchev–Trinajstić information content (AvgIpc) is 2.62. The van der Waals surface area contributed by atoms with E-state index < -0.39 is 4.92 Å². The quantitative estimate of drug-likeness (QED) is 0.617. The van der Waals surface area contributed by atoms with Crippen LogP contribution in [0.25, 0.3) is 6.08 Å². The summed E-state index contributed by atoms with van der Waals surface area (Å²) in [5.74, 6) is 0. The SMILES string of the molecule is CC/C(=C/c1ccc([N+](=O)[O-])s1)CO. The van der Waals surface area contributed by atoms with Crippen molar-refractivity contribution in [3.63, 3.8) is 0 Å². The predicted octanol–water partition coefficient (Wildman–Crippen LogP) is 2.44. The van der Waals surface area contributed by atoms with Crippen LogP contribution in [0.3, 0.4) is 0 Å². The highest BCUT2D eigenvalue weighted by Gasteiger charge is 2.08. The van der Waals surface area contributed by atoms with Crippen LogP contribution < -0.4 is 0 Å². The normalized spacial score (nSPS) is 11.7. The number of aliphatic hydroxyl groups is 1. The Hall–Kier alpha value is -1.20. The van der Waals surface area contributed by atoms with Crippen LogP contribution in [0.4, 0.5) is 5.00 Å². The summed E-state index contributed by atoms with van der Waals surface area (Å²) < 4.78 is 0. The van der Waals surface area contributed by atoms with Gasteiger partial charge in [-0.25, -0.2) is 0 Å². The molecule has 1 aromatic heterocycles. The highest BCUT2D eigenvalue weighted by Crippen LogP contribution is 2.26. The maximum atomic E-state index is 10.4. The number of nitro groups is 1. The lowest BCUT2D eigenvalue weighted by Gasteiger charge is -1.96. The van der Waals surface area contributed by atoms with Gasteiger partial charge in [0.25, 0.3) is 0 Å². The minimum absolute atomic E-state index is 0.00218. The summed E-state index contributed by atoms with van der Waals surface area (Å²) in [6.45, 7) is 1.94. The van der Waals surface area contributed by atoms with Gasteiger partial charge in [0.05, 0.1) is 11.5 Å². The monoisotopic (exact) mass is 213 g/mol. The molecule has 4 nitrogen and oxygen atoms in total. The van der Waals surface area contributed by atoms with Crippen molar-refractivity contribution in [3.8, 4) is 0 Å². The van der Waals surface area contributed by atoms with Crippen molar-refractivity contribution in [1.82, 2.24) is 0 Å². The molecule has 0 unspecified atom stereocenters. The second-order valence-electron chi connectivity index (χ2n) is 2.75. The summed E-state index contributed by atoms with van der Waals surface area (Å²) in [7, 11) is 0. The Balaban J connectivity index is 2.87. The summed E-state index contributed by atoms with van der Waals surface area (Å²) in [4.78, 5) is 10.8. The van der Waals surface area contributed by atoms with Gasteiger partial charge >= 0.3 is 5.00 Å². The fourth-order valence-corrected chi connectivity index (χ4v) is 1.79. The maximum Gasteiger partial charge on any atom is 0.324 e. The van der Waals surface area contributed by atoms with E-state index in [0.29, 0.717) is 0 Å². The summed E-state index contributed by atoms with van der Waals surface area (Å²) in [5.41, 5.74) is 0.877. The van der Waals surface area contributed by atoms with E-state index in [0.717, 1.165) is 28.2 Å². The lowest BCUT2D eigenvalue weighted by Crippen LogP contribution is -1.86. The fourth-order valence-electron chi connectivity index (χ4n) is 0.979. The van der Waals surface area contributed by atoms with Crippen molar-refractivity contribution < 1.29 is 10.0 Å². The Kier molecular flexibility index (Phi) is 3.79. The largest absolute Gasteiger partial charge is 0.392 e. The third-order valence-electron chi connectivity index (χ3n) is 1.80. The van der Waals surface area contributed by atoms with E-state index in [4.69, 9.17) is 5.11 Å². The fraction of sp³-hybridized carbons (Fsp3) is 0.333. The van der Waals surface area contributed by atoms with Gasteiger partial charge in [0.1, 0.15) is 0 Å². The Bertz CT molecular complexity index is 351. The molecule has 0 aliphatic heterocycles. The van der Waals surface area contributed by atoms with E-state index in [2.05, 4.69) is 0 Å². The van der Waals surface area contributed by atoms with E-state index in [1.165, 1.54) is 6.07 Å². The van der Waals surface area contributed by atoms with Gasteiger partial charge in [0.15, 0.2) is 0 Å². The lowest BCUT2D eigenvalue weighted by molar-refractivity contribution is -0.380. The molecule has 0 atom stereocenters. The average molecular weight is 213 g/mol. The standard InChI is InChI=1S/C9H11NO3S/c1-2-7(6-11)5-8-3-4-9(14-8)10(12)13/h3-5,11H,2,6H2,1H3/b7-5-. The lowest BCUT2D eigenvalue weighted by atomic mass is 10.2. The third-order valence-corrected chi connectivity index (χ3v) is 2.78. The molecule has 0 aliphatic rings. The van der Waals surface area contributed by atoms with Gasteiger partial charge in [-0.05, 0) is 24.1 Å². The van der Waals surface area contributed by atoms with Gasteiger partial charge in [0.2, 0.25) is 0 Å². The van der Waals surface area contributed by atoms with Gasteiger partial charge in [-0.1, -0.05) is 18.3 Å². The first-order valence-corrected chi connectivity index (χ1v) is 5.03. The van der Waals surface area contributed by atoms with Crippen molar-refractivity contribution in [2.24, 2.45) is 0 Å².